The van der Waals surface area contributed by atoms with Crippen molar-refractivity contribution in [2.45, 2.75) is 11.3 Å². The topological polar surface area (TPSA) is 115 Å². The Morgan fingerprint density at radius 1 is 1.24 bits per heavy atom. The molecule has 0 aliphatic carbocycles. The van der Waals surface area contributed by atoms with Crippen LogP contribution in [0.25, 0.3) is 10.9 Å². The number of nitrogens with one attached hydrogen (secondary N) is 1. The summed E-state index contributed by atoms with van der Waals surface area (Å²) in [5.41, 5.74) is 1.14. The van der Waals surface area contributed by atoms with Crippen LogP contribution < -0.4 is 10.5 Å². The number of primary sulfonamides is 1. The Balaban J connectivity index is 1.94. The van der Waals surface area contributed by atoms with Crippen molar-refractivity contribution in [1.82, 2.24) is 9.97 Å². The lowest BCUT2D eigenvalue weighted by Gasteiger charge is -2.10. The molecule has 0 saturated heterocycles. The minimum atomic E-state index is -4.02. The van der Waals surface area contributed by atoms with Crippen molar-refractivity contribution in [3.05, 3.63) is 59.5 Å². The van der Waals surface area contributed by atoms with Crippen molar-refractivity contribution in [2.75, 3.05) is 5.32 Å². The maximum atomic E-state index is 12.2. The first-order valence-electron chi connectivity index (χ1n) is 7.14. The Labute approximate surface area is 148 Å². The molecule has 2 aromatic carbocycles. The number of halogens is 1. The molecule has 1 heterocycles. The quantitative estimate of drug-likeness (QED) is 0.723. The molecule has 3 N–H and O–H groups in total. The number of benzene rings is 2. The van der Waals surface area contributed by atoms with Crippen LogP contribution in [-0.2, 0) is 21.2 Å². The Morgan fingerprint density at radius 2 is 2.00 bits per heavy atom. The van der Waals surface area contributed by atoms with Crippen LogP contribution in [-0.4, -0.2) is 24.3 Å². The molecule has 128 valence electrons. The average Bonchev–Trinajstić information content (AvgIpc) is 2.55. The van der Waals surface area contributed by atoms with Gasteiger partial charge >= 0.3 is 0 Å². The number of carbonyl (C=O) groups is 1. The Kier molecular flexibility index (Phi) is 4.67. The molecule has 0 bridgehead atoms. The van der Waals surface area contributed by atoms with Gasteiger partial charge in [0, 0.05) is 22.3 Å². The number of rotatable bonds is 4. The zero-order chi connectivity index (χ0) is 18.0. The van der Waals surface area contributed by atoms with Gasteiger partial charge in [-0.2, -0.15) is 0 Å². The standard InChI is InChI=1S/C16H13ClN4O3S/c17-13-4-2-1-3-10(13)6-15(22)21-12-5-11-8-19-9-20-16(11)14(7-12)25(18,23)24/h1-5,7-9H,6H2,(H,21,22)(H2,18,23,24). The van der Waals surface area contributed by atoms with Gasteiger partial charge in [0.15, 0.2) is 0 Å². The molecule has 0 unspecified atom stereocenters. The fraction of sp³-hybridized carbons (Fsp3) is 0.0625. The molecule has 0 radical (unpaired) electrons. The first kappa shape index (κ1) is 17.3. The molecule has 25 heavy (non-hydrogen) atoms. The van der Waals surface area contributed by atoms with Gasteiger partial charge in [-0.1, -0.05) is 29.8 Å². The molecule has 1 aromatic heterocycles. The van der Waals surface area contributed by atoms with Gasteiger partial charge in [-0.05, 0) is 23.8 Å². The van der Waals surface area contributed by atoms with E-state index in [0.29, 0.717) is 16.0 Å². The van der Waals surface area contributed by atoms with E-state index in [0.717, 1.165) is 0 Å². The molecule has 7 nitrogen and oxygen atoms in total. The third-order valence-corrected chi connectivity index (χ3v) is 4.76. The summed E-state index contributed by atoms with van der Waals surface area (Å²) in [6, 6.07) is 9.83. The van der Waals surface area contributed by atoms with Crippen molar-refractivity contribution in [2.24, 2.45) is 5.14 Å². The Bertz CT molecular complexity index is 1070. The van der Waals surface area contributed by atoms with Crippen LogP contribution in [0.3, 0.4) is 0 Å². The highest BCUT2D eigenvalue weighted by Gasteiger charge is 2.16. The molecule has 9 heteroatoms. The second kappa shape index (κ2) is 6.75. The molecule has 0 fully saturated rings. The van der Waals surface area contributed by atoms with Crippen molar-refractivity contribution in [3.8, 4) is 0 Å². The number of aromatic nitrogens is 2. The van der Waals surface area contributed by atoms with Gasteiger partial charge in [0.1, 0.15) is 11.2 Å². The van der Waals surface area contributed by atoms with E-state index in [4.69, 9.17) is 16.7 Å². The molecule has 0 aliphatic rings. The van der Waals surface area contributed by atoms with E-state index in [1.54, 1.807) is 30.3 Å². The summed E-state index contributed by atoms with van der Waals surface area (Å²) in [5, 5.41) is 8.82. The van der Waals surface area contributed by atoms with E-state index in [2.05, 4.69) is 15.3 Å². The number of amides is 1. The minimum absolute atomic E-state index is 0.0493. The van der Waals surface area contributed by atoms with Crippen LogP contribution in [0.4, 0.5) is 5.69 Å². The van der Waals surface area contributed by atoms with Crippen LogP contribution in [0.2, 0.25) is 5.02 Å². The second-order valence-electron chi connectivity index (χ2n) is 5.30. The largest absolute Gasteiger partial charge is 0.326 e. The van der Waals surface area contributed by atoms with Gasteiger partial charge in [-0.25, -0.2) is 23.5 Å². The molecular weight excluding hydrogens is 364 g/mol. The van der Waals surface area contributed by atoms with Crippen LogP contribution >= 0.6 is 11.6 Å². The third kappa shape index (κ3) is 3.93. The fourth-order valence-corrected chi connectivity index (χ4v) is 3.31. The van der Waals surface area contributed by atoms with Gasteiger partial charge in [0.25, 0.3) is 0 Å². The SMILES string of the molecule is NS(=O)(=O)c1cc(NC(=O)Cc2ccccc2Cl)cc2cncnc12. The number of sulfonamides is 1. The van der Waals surface area contributed by atoms with Crippen molar-refractivity contribution in [3.63, 3.8) is 0 Å². The van der Waals surface area contributed by atoms with E-state index >= 15 is 0 Å². The lowest BCUT2D eigenvalue weighted by atomic mass is 10.1. The van der Waals surface area contributed by atoms with Crippen LogP contribution in [0.15, 0.2) is 53.8 Å². The molecular formula is C16H13ClN4O3S. The van der Waals surface area contributed by atoms with E-state index in [1.807, 2.05) is 0 Å². The summed E-state index contributed by atoms with van der Waals surface area (Å²) in [4.78, 5) is 19.9. The van der Waals surface area contributed by atoms with Crippen LogP contribution in [0.1, 0.15) is 5.56 Å². The first-order valence-corrected chi connectivity index (χ1v) is 9.07. The number of hydrogen-bond donors (Lipinski definition) is 2. The first-order chi connectivity index (χ1) is 11.8. The van der Waals surface area contributed by atoms with E-state index in [-0.39, 0.29) is 28.4 Å². The monoisotopic (exact) mass is 376 g/mol. The molecule has 0 saturated carbocycles. The van der Waals surface area contributed by atoms with E-state index in [9.17, 15) is 13.2 Å². The fourth-order valence-electron chi connectivity index (χ4n) is 2.38. The average molecular weight is 377 g/mol. The van der Waals surface area contributed by atoms with Gasteiger partial charge in [0.2, 0.25) is 15.9 Å². The summed E-state index contributed by atoms with van der Waals surface area (Å²) in [7, 11) is -4.02. The lowest BCUT2D eigenvalue weighted by Crippen LogP contribution is -2.17. The molecule has 3 rings (SSSR count). The van der Waals surface area contributed by atoms with Crippen molar-refractivity contribution >= 4 is 44.1 Å². The highest BCUT2D eigenvalue weighted by atomic mass is 35.5. The molecule has 3 aromatic rings. The van der Waals surface area contributed by atoms with E-state index in [1.165, 1.54) is 18.6 Å². The van der Waals surface area contributed by atoms with Crippen LogP contribution in [0.5, 0.6) is 0 Å². The Hall–Kier alpha value is -2.55. The molecule has 1 amide bonds. The Morgan fingerprint density at radius 3 is 2.72 bits per heavy atom. The zero-order valence-electron chi connectivity index (χ0n) is 12.8. The molecule has 0 aliphatic heterocycles. The summed E-state index contributed by atoms with van der Waals surface area (Å²) >= 11 is 6.04. The van der Waals surface area contributed by atoms with Gasteiger partial charge < -0.3 is 5.32 Å². The predicted molar refractivity (Wildman–Crippen MR) is 94.7 cm³/mol. The molecule has 0 atom stereocenters. The number of hydrogen-bond acceptors (Lipinski definition) is 5. The van der Waals surface area contributed by atoms with Crippen molar-refractivity contribution in [1.29, 1.82) is 0 Å². The summed E-state index contributed by atoms with van der Waals surface area (Å²) in [6.45, 7) is 0. The van der Waals surface area contributed by atoms with E-state index < -0.39 is 10.0 Å². The maximum Gasteiger partial charge on any atom is 0.240 e. The predicted octanol–water partition coefficient (Wildman–Crippen LogP) is 2.11. The smallest absolute Gasteiger partial charge is 0.240 e. The van der Waals surface area contributed by atoms with Crippen LogP contribution in [0, 0.1) is 0 Å². The third-order valence-electron chi connectivity index (χ3n) is 3.47. The number of nitrogens with zero attached hydrogens (tertiary/aromatic N) is 2. The van der Waals surface area contributed by atoms with Gasteiger partial charge in [-0.15, -0.1) is 0 Å². The highest BCUT2D eigenvalue weighted by Crippen LogP contribution is 2.25. The number of anilines is 1. The zero-order valence-corrected chi connectivity index (χ0v) is 14.4. The molecule has 0 spiro atoms. The number of fused-ring (bicyclic) bond motifs is 1. The number of nitrogens with two attached hydrogens (primary N) is 1. The minimum Gasteiger partial charge on any atom is -0.326 e. The summed E-state index contributed by atoms with van der Waals surface area (Å²) in [6.07, 6.45) is 2.72. The van der Waals surface area contributed by atoms with Gasteiger partial charge in [0.05, 0.1) is 11.9 Å². The summed E-state index contributed by atoms with van der Waals surface area (Å²) < 4.78 is 23.6. The normalized spacial score (nSPS) is 11.4. The maximum absolute atomic E-state index is 12.2. The number of carbonyl (C=O) groups excluding carboxylic acids is 1. The lowest BCUT2D eigenvalue weighted by molar-refractivity contribution is -0.115. The highest BCUT2D eigenvalue weighted by molar-refractivity contribution is 7.89. The summed E-state index contributed by atoms with van der Waals surface area (Å²) in [5.74, 6) is -0.343. The van der Waals surface area contributed by atoms with Crippen molar-refractivity contribution < 1.29 is 13.2 Å². The second-order valence-corrected chi connectivity index (χ2v) is 7.23. The van der Waals surface area contributed by atoms with Gasteiger partial charge in [-0.3, -0.25) is 4.79 Å².